The second kappa shape index (κ2) is 5.70. The van der Waals surface area contributed by atoms with Crippen LogP contribution >= 0.6 is 11.3 Å². The molecule has 0 saturated carbocycles. The molecule has 1 aromatic carbocycles. The van der Waals surface area contributed by atoms with E-state index in [0.29, 0.717) is 18.7 Å². The maximum Gasteiger partial charge on any atom is 0.338 e. The largest absolute Gasteiger partial charge is 0.478 e. The number of thiazole rings is 1. The van der Waals surface area contributed by atoms with Gasteiger partial charge >= 0.3 is 5.97 Å². The first-order valence-electron chi connectivity index (χ1n) is 5.26. The molecule has 0 aliphatic heterocycles. The predicted octanol–water partition coefficient (Wildman–Crippen LogP) is 2.27. The summed E-state index contributed by atoms with van der Waals surface area (Å²) in [4.78, 5) is 15.7. The van der Waals surface area contributed by atoms with Crippen LogP contribution in [0, 0.1) is 5.82 Å². The van der Waals surface area contributed by atoms with Crippen molar-refractivity contribution in [3.05, 3.63) is 51.7 Å². The smallest absolute Gasteiger partial charge is 0.338 e. The van der Waals surface area contributed by atoms with E-state index in [-0.39, 0.29) is 5.56 Å². The normalized spacial score (nSPS) is 10.5. The van der Waals surface area contributed by atoms with Gasteiger partial charge in [0, 0.05) is 24.2 Å². The fraction of sp³-hybridized carbons (Fsp3) is 0.167. The van der Waals surface area contributed by atoms with E-state index in [1.807, 2.05) is 0 Å². The average molecular weight is 266 g/mol. The number of carboxylic acid groups (broad SMARTS) is 1. The van der Waals surface area contributed by atoms with Gasteiger partial charge in [0.05, 0.1) is 11.1 Å². The molecule has 1 aromatic heterocycles. The van der Waals surface area contributed by atoms with Gasteiger partial charge in [-0.05, 0) is 17.7 Å². The lowest BCUT2D eigenvalue weighted by Crippen LogP contribution is -2.12. The Kier molecular flexibility index (Phi) is 4.01. The van der Waals surface area contributed by atoms with Gasteiger partial charge in [-0.2, -0.15) is 0 Å². The van der Waals surface area contributed by atoms with E-state index in [0.717, 1.165) is 4.88 Å². The van der Waals surface area contributed by atoms with Gasteiger partial charge < -0.3 is 10.4 Å². The summed E-state index contributed by atoms with van der Waals surface area (Å²) in [5.41, 5.74) is 2.15. The molecule has 0 unspecified atom stereocenters. The van der Waals surface area contributed by atoms with Crippen molar-refractivity contribution >= 4 is 17.3 Å². The number of aromatic carboxylic acids is 1. The van der Waals surface area contributed by atoms with Gasteiger partial charge in [0.15, 0.2) is 0 Å². The van der Waals surface area contributed by atoms with E-state index in [2.05, 4.69) is 10.3 Å². The highest BCUT2D eigenvalue weighted by Crippen LogP contribution is 2.11. The molecule has 0 aliphatic rings. The molecule has 18 heavy (non-hydrogen) atoms. The van der Waals surface area contributed by atoms with Gasteiger partial charge in [-0.15, -0.1) is 11.3 Å². The van der Waals surface area contributed by atoms with Crippen LogP contribution in [0.1, 0.15) is 20.8 Å². The molecule has 6 heteroatoms. The summed E-state index contributed by atoms with van der Waals surface area (Å²) in [5, 5.41) is 11.8. The highest BCUT2D eigenvalue weighted by atomic mass is 32.1. The first-order valence-corrected chi connectivity index (χ1v) is 6.14. The van der Waals surface area contributed by atoms with Crippen LogP contribution in [0.3, 0.4) is 0 Å². The van der Waals surface area contributed by atoms with Crippen LogP contribution in [0.4, 0.5) is 4.39 Å². The Balaban J connectivity index is 1.94. The van der Waals surface area contributed by atoms with Crippen molar-refractivity contribution < 1.29 is 14.3 Å². The topological polar surface area (TPSA) is 62.2 Å². The molecule has 2 aromatic rings. The molecule has 0 bridgehead atoms. The predicted molar refractivity (Wildman–Crippen MR) is 66.0 cm³/mol. The lowest BCUT2D eigenvalue weighted by Gasteiger charge is -2.04. The summed E-state index contributed by atoms with van der Waals surface area (Å²) in [6, 6.07) is 4.12. The van der Waals surface area contributed by atoms with Crippen molar-refractivity contribution in [3.8, 4) is 0 Å². The molecule has 0 atom stereocenters. The van der Waals surface area contributed by atoms with E-state index in [1.54, 1.807) is 29.1 Å². The zero-order chi connectivity index (χ0) is 13.0. The SMILES string of the molecule is O=C(O)c1ccc(CNCc2cncs2)cc1F. The summed E-state index contributed by atoms with van der Waals surface area (Å²) in [6.07, 6.45) is 1.77. The lowest BCUT2D eigenvalue weighted by atomic mass is 10.1. The van der Waals surface area contributed by atoms with E-state index in [4.69, 9.17) is 5.11 Å². The fourth-order valence-corrected chi connectivity index (χ4v) is 2.07. The average Bonchev–Trinajstić information content (AvgIpc) is 2.81. The zero-order valence-electron chi connectivity index (χ0n) is 9.39. The first-order chi connectivity index (χ1) is 8.66. The van der Waals surface area contributed by atoms with E-state index in [1.165, 1.54) is 12.1 Å². The zero-order valence-corrected chi connectivity index (χ0v) is 10.2. The van der Waals surface area contributed by atoms with Crippen molar-refractivity contribution in [3.63, 3.8) is 0 Å². The Hall–Kier alpha value is -1.79. The van der Waals surface area contributed by atoms with Gasteiger partial charge in [-0.3, -0.25) is 4.98 Å². The van der Waals surface area contributed by atoms with E-state index >= 15 is 0 Å². The third-order valence-corrected chi connectivity index (χ3v) is 3.16. The van der Waals surface area contributed by atoms with Gasteiger partial charge in [-0.1, -0.05) is 6.07 Å². The van der Waals surface area contributed by atoms with Gasteiger partial charge in [0.25, 0.3) is 0 Å². The molecule has 2 N–H and O–H groups in total. The summed E-state index contributed by atoms with van der Waals surface area (Å²) in [6.45, 7) is 1.14. The van der Waals surface area contributed by atoms with Crippen LogP contribution in [0.25, 0.3) is 0 Å². The quantitative estimate of drug-likeness (QED) is 0.871. The Morgan fingerprint density at radius 2 is 2.28 bits per heavy atom. The standard InChI is InChI=1S/C12H11FN2O2S/c13-11-3-8(1-2-10(11)12(16)17)4-14-5-9-6-15-7-18-9/h1-3,6-7,14H,4-5H2,(H,16,17). The number of nitrogens with zero attached hydrogens (tertiary/aromatic N) is 1. The minimum atomic E-state index is -1.25. The van der Waals surface area contributed by atoms with Gasteiger partial charge in [-0.25, -0.2) is 9.18 Å². The van der Waals surface area contributed by atoms with Crippen LogP contribution in [0.2, 0.25) is 0 Å². The Morgan fingerprint density at radius 1 is 1.44 bits per heavy atom. The number of rotatable bonds is 5. The van der Waals surface area contributed by atoms with Crippen molar-refractivity contribution in [1.82, 2.24) is 10.3 Å². The number of nitrogens with one attached hydrogen (secondary N) is 1. The highest BCUT2D eigenvalue weighted by Gasteiger charge is 2.09. The summed E-state index contributed by atoms with van der Waals surface area (Å²) >= 11 is 1.54. The van der Waals surface area contributed by atoms with Crippen LogP contribution in [0.15, 0.2) is 29.9 Å². The Morgan fingerprint density at radius 3 is 2.89 bits per heavy atom. The molecule has 0 aliphatic carbocycles. The van der Waals surface area contributed by atoms with Crippen molar-refractivity contribution in [2.75, 3.05) is 0 Å². The van der Waals surface area contributed by atoms with Crippen molar-refractivity contribution in [2.45, 2.75) is 13.1 Å². The van der Waals surface area contributed by atoms with Gasteiger partial charge in [0.1, 0.15) is 5.82 Å². The van der Waals surface area contributed by atoms with Crippen LogP contribution < -0.4 is 5.32 Å². The minimum Gasteiger partial charge on any atom is -0.478 e. The second-order valence-electron chi connectivity index (χ2n) is 3.69. The third-order valence-electron chi connectivity index (χ3n) is 2.38. The first kappa shape index (κ1) is 12.7. The number of hydrogen-bond donors (Lipinski definition) is 2. The lowest BCUT2D eigenvalue weighted by molar-refractivity contribution is 0.0692. The molecule has 4 nitrogen and oxygen atoms in total. The molecular weight excluding hydrogens is 255 g/mol. The number of hydrogen-bond acceptors (Lipinski definition) is 4. The van der Waals surface area contributed by atoms with Crippen molar-refractivity contribution in [1.29, 1.82) is 0 Å². The maximum absolute atomic E-state index is 13.4. The third kappa shape index (κ3) is 3.12. The molecule has 0 spiro atoms. The Labute approximate surface area is 107 Å². The molecular formula is C12H11FN2O2S. The molecule has 0 saturated heterocycles. The highest BCUT2D eigenvalue weighted by molar-refractivity contribution is 7.09. The Bertz CT molecular complexity index is 543. The minimum absolute atomic E-state index is 0.304. The molecule has 0 radical (unpaired) electrons. The molecule has 0 amide bonds. The number of carboxylic acids is 1. The molecule has 0 fully saturated rings. The van der Waals surface area contributed by atoms with E-state index in [9.17, 15) is 9.18 Å². The summed E-state index contributed by atoms with van der Waals surface area (Å²) in [7, 11) is 0. The summed E-state index contributed by atoms with van der Waals surface area (Å²) < 4.78 is 13.4. The maximum atomic E-state index is 13.4. The van der Waals surface area contributed by atoms with Crippen LogP contribution in [-0.4, -0.2) is 16.1 Å². The molecule has 94 valence electrons. The fourth-order valence-electron chi connectivity index (χ4n) is 1.50. The number of halogens is 1. The second-order valence-corrected chi connectivity index (χ2v) is 4.66. The molecule has 2 rings (SSSR count). The molecule has 1 heterocycles. The van der Waals surface area contributed by atoms with E-state index < -0.39 is 11.8 Å². The number of carbonyl (C=O) groups is 1. The summed E-state index contributed by atoms with van der Waals surface area (Å²) in [5.74, 6) is -1.96. The number of benzene rings is 1. The van der Waals surface area contributed by atoms with Crippen LogP contribution in [0.5, 0.6) is 0 Å². The van der Waals surface area contributed by atoms with Gasteiger partial charge in [0.2, 0.25) is 0 Å². The van der Waals surface area contributed by atoms with Crippen LogP contribution in [-0.2, 0) is 13.1 Å². The van der Waals surface area contributed by atoms with Crippen molar-refractivity contribution in [2.24, 2.45) is 0 Å². The number of aromatic nitrogens is 1. The monoisotopic (exact) mass is 266 g/mol.